The van der Waals surface area contributed by atoms with Gasteiger partial charge in [0.05, 0.1) is 11.2 Å². The lowest BCUT2D eigenvalue weighted by atomic mass is 10.2. The molecule has 1 amide bonds. The van der Waals surface area contributed by atoms with Crippen LogP contribution in [0.1, 0.15) is 15.9 Å². The van der Waals surface area contributed by atoms with E-state index in [2.05, 4.69) is 10.5 Å². The van der Waals surface area contributed by atoms with Crippen LogP contribution in [0.4, 0.5) is 0 Å². The van der Waals surface area contributed by atoms with Crippen LogP contribution in [0, 0.1) is 0 Å². The Labute approximate surface area is 132 Å². The molecule has 3 nitrogen and oxygen atoms in total. The largest absolute Gasteiger partial charge is 0.271 e. The first-order chi connectivity index (χ1) is 10.1. The van der Waals surface area contributed by atoms with Crippen LogP contribution in [0.25, 0.3) is 6.08 Å². The second kappa shape index (κ2) is 7.62. The molecule has 0 unspecified atom stereocenters. The third-order valence-electron chi connectivity index (χ3n) is 2.56. The predicted octanol–water partition coefficient (Wildman–Crippen LogP) is 4.34. The highest BCUT2D eigenvalue weighted by Gasteiger charge is 2.02. The third-order valence-corrected chi connectivity index (χ3v) is 3.02. The van der Waals surface area contributed by atoms with Crippen LogP contribution in [0.3, 0.4) is 0 Å². The van der Waals surface area contributed by atoms with Crippen LogP contribution < -0.4 is 5.43 Å². The summed E-state index contributed by atoms with van der Waals surface area (Å²) in [6.45, 7) is 0. The van der Waals surface area contributed by atoms with Crippen LogP contribution >= 0.6 is 23.2 Å². The molecule has 21 heavy (non-hydrogen) atoms. The molecule has 0 saturated heterocycles. The summed E-state index contributed by atoms with van der Waals surface area (Å²) in [4.78, 5) is 11.8. The van der Waals surface area contributed by atoms with Crippen LogP contribution in [0.2, 0.25) is 5.02 Å². The minimum absolute atomic E-state index is 0.327. The zero-order valence-electron chi connectivity index (χ0n) is 11.0. The summed E-state index contributed by atoms with van der Waals surface area (Å²) in [5.74, 6) is -0.327. The zero-order valence-corrected chi connectivity index (χ0v) is 12.5. The van der Waals surface area contributed by atoms with Crippen LogP contribution in [-0.2, 0) is 0 Å². The first-order valence-electron chi connectivity index (χ1n) is 6.16. The van der Waals surface area contributed by atoms with Gasteiger partial charge in [-0.15, -0.1) is 0 Å². The van der Waals surface area contributed by atoms with Gasteiger partial charge < -0.3 is 0 Å². The average molecular weight is 319 g/mol. The van der Waals surface area contributed by atoms with Gasteiger partial charge in [-0.25, -0.2) is 5.43 Å². The van der Waals surface area contributed by atoms with Crippen LogP contribution in [0.15, 0.2) is 64.7 Å². The molecule has 2 aromatic carbocycles. The van der Waals surface area contributed by atoms with Gasteiger partial charge in [0.2, 0.25) is 0 Å². The number of carbonyl (C=O) groups excluding carboxylic acids is 1. The van der Waals surface area contributed by atoms with Gasteiger partial charge >= 0.3 is 0 Å². The van der Waals surface area contributed by atoms with Crippen molar-refractivity contribution in [2.24, 2.45) is 5.10 Å². The van der Waals surface area contributed by atoms with Gasteiger partial charge in [0.25, 0.3) is 5.91 Å². The van der Waals surface area contributed by atoms with E-state index in [1.54, 1.807) is 30.3 Å². The highest BCUT2D eigenvalue weighted by molar-refractivity contribution is 6.41. The number of rotatable bonds is 4. The van der Waals surface area contributed by atoms with Gasteiger partial charge in [-0.2, -0.15) is 5.10 Å². The fourth-order valence-corrected chi connectivity index (χ4v) is 1.86. The Morgan fingerprint density at radius 3 is 2.38 bits per heavy atom. The van der Waals surface area contributed by atoms with E-state index < -0.39 is 0 Å². The van der Waals surface area contributed by atoms with E-state index in [1.165, 1.54) is 6.21 Å². The Balaban J connectivity index is 1.94. The van der Waals surface area contributed by atoms with Crippen molar-refractivity contribution < 1.29 is 4.79 Å². The maximum Gasteiger partial charge on any atom is 0.271 e. The summed E-state index contributed by atoms with van der Waals surface area (Å²) in [6, 6.07) is 16.1. The number of halogens is 2. The highest BCUT2D eigenvalue weighted by Crippen LogP contribution is 2.10. The number of hydrazone groups is 1. The summed E-state index contributed by atoms with van der Waals surface area (Å²) >= 11 is 11.8. The van der Waals surface area contributed by atoms with E-state index >= 15 is 0 Å². The molecule has 2 aromatic rings. The smallest absolute Gasteiger partial charge is 0.267 e. The summed E-state index contributed by atoms with van der Waals surface area (Å²) in [5.41, 5.74) is 3.83. The third kappa shape index (κ3) is 5.06. The van der Waals surface area contributed by atoms with Crippen molar-refractivity contribution in [3.8, 4) is 0 Å². The summed E-state index contributed by atoms with van der Waals surface area (Å²) in [5, 5.41) is 4.80. The number of amides is 1. The number of benzene rings is 2. The fraction of sp³-hybridized carbons (Fsp3) is 0. The quantitative estimate of drug-likeness (QED) is 0.661. The second-order valence-electron chi connectivity index (χ2n) is 4.15. The summed E-state index contributed by atoms with van der Waals surface area (Å²) < 4.78 is 0. The van der Waals surface area contributed by atoms with Crippen molar-refractivity contribution in [2.45, 2.75) is 0 Å². The minimum atomic E-state index is -0.327. The number of hydrogen-bond acceptors (Lipinski definition) is 2. The number of nitrogens with zero attached hydrogens (tertiary/aromatic N) is 1. The Morgan fingerprint density at radius 2 is 1.71 bits per heavy atom. The number of hydrogen-bond donors (Lipinski definition) is 1. The maximum atomic E-state index is 11.8. The van der Waals surface area contributed by atoms with E-state index in [9.17, 15) is 4.79 Å². The Morgan fingerprint density at radius 1 is 1.05 bits per heavy atom. The molecular weight excluding hydrogens is 307 g/mol. The van der Waals surface area contributed by atoms with Crippen molar-refractivity contribution in [3.63, 3.8) is 0 Å². The molecule has 5 heteroatoms. The number of allylic oxidation sites excluding steroid dienone is 1. The molecule has 106 valence electrons. The van der Waals surface area contributed by atoms with Crippen LogP contribution in [0.5, 0.6) is 0 Å². The highest BCUT2D eigenvalue weighted by atomic mass is 35.5. The molecule has 0 aliphatic carbocycles. The lowest BCUT2D eigenvalue weighted by Gasteiger charge is -1.99. The normalized spacial score (nSPS) is 11.6. The average Bonchev–Trinajstić information content (AvgIpc) is 2.49. The Hall–Kier alpha value is -2.10. The first kappa shape index (κ1) is 15.3. The molecular formula is C16H12Cl2N2O. The Bertz CT molecular complexity index is 664. The van der Waals surface area contributed by atoms with Crippen molar-refractivity contribution in [1.29, 1.82) is 0 Å². The fourth-order valence-electron chi connectivity index (χ4n) is 1.56. The molecule has 0 aromatic heterocycles. The number of nitrogens with one attached hydrogen (secondary N) is 1. The van der Waals surface area contributed by atoms with Gasteiger partial charge in [-0.05, 0) is 35.9 Å². The van der Waals surface area contributed by atoms with Gasteiger partial charge in [0.15, 0.2) is 0 Å². The van der Waals surface area contributed by atoms with Crippen LogP contribution in [-0.4, -0.2) is 12.1 Å². The number of carbonyl (C=O) groups is 1. The molecule has 1 N–H and O–H groups in total. The second-order valence-corrected chi connectivity index (χ2v) is 5.02. The molecule has 2 rings (SSSR count). The van der Waals surface area contributed by atoms with Crippen molar-refractivity contribution >= 4 is 41.4 Å². The van der Waals surface area contributed by atoms with Gasteiger partial charge in [0, 0.05) is 10.6 Å². The van der Waals surface area contributed by atoms with Crippen molar-refractivity contribution in [3.05, 3.63) is 75.8 Å². The lowest BCUT2D eigenvalue weighted by molar-refractivity contribution is 0.0955. The molecule has 0 saturated carbocycles. The monoisotopic (exact) mass is 318 g/mol. The molecule has 0 bridgehead atoms. The molecule has 0 fully saturated rings. The van der Waals surface area contributed by atoms with Crippen molar-refractivity contribution in [1.82, 2.24) is 5.43 Å². The zero-order chi connectivity index (χ0) is 15.1. The van der Waals surface area contributed by atoms with Gasteiger partial charge in [0.1, 0.15) is 0 Å². The van der Waals surface area contributed by atoms with E-state index in [4.69, 9.17) is 23.2 Å². The molecule has 0 spiro atoms. The molecule has 0 aliphatic heterocycles. The maximum absolute atomic E-state index is 11.8. The minimum Gasteiger partial charge on any atom is -0.267 e. The molecule has 0 atom stereocenters. The van der Waals surface area contributed by atoms with Gasteiger partial charge in [-0.3, -0.25) is 4.79 Å². The van der Waals surface area contributed by atoms with E-state index in [0.717, 1.165) is 5.56 Å². The predicted molar refractivity (Wildman–Crippen MR) is 87.7 cm³/mol. The van der Waals surface area contributed by atoms with Gasteiger partial charge in [-0.1, -0.05) is 53.5 Å². The van der Waals surface area contributed by atoms with Crippen molar-refractivity contribution in [2.75, 3.05) is 0 Å². The first-order valence-corrected chi connectivity index (χ1v) is 6.92. The topological polar surface area (TPSA) is 41.5 Å². The Kier molecular flexibility index (Phi) is 5.55. The summed E-state index contributed by atoms with van der Waals surface area (Å²) in [7, 11) is 0. The van der Waals surface area contributed by atoms with E-state index in [-0.39, 0.29) is 5.91 Å². The standard InChI is InChI=1S/C16H12Cl2N2O/c17-14-8-6-13(7-9-14)16(21)20-19-11-15(18)10-12-4-2-1-3-5-12/h1-11H,(H,20,21)/b15-10-,19-11-. The SMILES string of the molecule is O=C(N/N=C\C(Cl)=C\c1ccccc1)c1ccc(Cl)cc1. The molecule has 0 heterocycles. The molecule has 0 radical (unpaired) electrons. The van der Waals surface area contributed by atoms with E-state index in [1.807, 2.05) is 30.3 Å². The lowest BCUT2D eigenvalue weighted by Crippen LogP contribution is -2.17. The summed E-state index contributed by atoms with van der Waals surface area (Å²) in [6.07, 6.45) is 3.13. The molecule has 0 aliphatic rings. The van der Waals surface area contributed by atoms with E-state index in [0.29, 0.717) is 15.6 Å².